The number of benzene rings is 1. The topological polar surface area (TPSA) is 180 Å². The number of hydrogen-bond acceptors (Lipinski definition) is 13. The van der Waals surface area contributed by atoms with E-state index < -0.39 is 76.1 Å². The first kappa shape index (κ1) is 32.4. The molecule has 15 nitrogen and oxygen atoms in total. The zero-order valence-corrected chi connectivity index (χ0v) is 27.3. The summed E-state index contributed by atoms with van der Waals surface area (Å²) in [4.78, 5) is 27.4. The van der Waals surface area contributed by atoms with Gasteiger partial charge >= 0.3 is 6.72 Å². The van der Waals surface area contributed by atoms with Gasteiger partial charge in [0.05, 0.1) is 36.9 Å². The summed E-state index contributed by atoms with van der Waals surface area (Å²) in [6.45, 7) is -2.43. The molecule has 10 atom stereocenters. The van der Waals surface area contributed by atoms with Crippen LogP contribution in [0.15, 0.2) is 31.1 Å². The normalized spacial score (nSPS) is 38.8. The summed E-state index contributed by atoms with van der Waals surface area (Å²) < 4.78 is 82.6. The molecule has 2 radical (unpaired) electrons. The van der Waals surface area contributed by atoms with Crippen LogP contribution < -0.4 is 5.73 Å². The predicted molar refractivity (Wildman–Crippen MR) is 163 cm³/mol. The van der Waals surface area contributed by atoms with Crippen molar-refractivity contribution in [3.63, 3.8) is 0 Å². The van der Waals surface area contributed by atoms with Crippen LogP contribution in [0.5, 0.6) is 0 Å². The van der Waals surface area contributed by atoms with E-state index in [-0.39, 0.29) is 17.0 Å². The van der Waals surface area contributed by atoms with Crippen molar-refractivity contribution < 1.29 is 45.8 Å². The molecule has 3 saturated heterocycles. The molecule has 22 heteroatoms. The number of nitrogens with zero attached hydrogens (tertiary/aromatic N) is 6. The number of nitrogens with two attached hydrogens (primary N) is 1. The van der Waals surface area contributed by atoms with Crippen LogP contribution in [0.1, 0.15) is 24.9 Å². The first-order valence-corrected chi connectivity index (χ1v) is 18.3. The molecule has 3 N–H and O–H groups in total. The number of ether oxygens (including phenoxy) is 2. The molecule has 0 bridgehead atoms. The predicted octanol–water partition coefficient (Wildman–Crippen LogP) is 3.59. The van der Waals surface area contributed by atoms with E-state index in [0.29, 0.717) is 21.6 Å². The second kappa shape index (κ2) is 11.5. The van der Waals surface area contributed by atoms with E-state index in [2.05, 4.69) is 19.9 Å². The van der Waals surface area contributed by atoms with E-state index in [0.717, 1.165) is 6.33 Å². The molecule has 3 aliphatic rings. The van der Waals surface area contributed by atoms with Crippen LogP contribution in [0.3, 0.4) is 0 Å². The quantitative estimate of drug-likeness (QED) is 0.227. The Morgan fingerprint density at radius 3 is 2.67 bits per heavy atom. The van der Waals surface area contributed by atoms with Gasteiger partial charge in [0.2, 0.25) is 7.57 Å². The summed E-state index contributed by atoms with van der Waals surface area (Å²) in [7, 11) is 1.33. The summed E-state index contributed by atoms with van der Waals surface area (Å²) in [6.07, 6.45) is -7.73. The van der Waals surface area contributed by atoms with Gasteiger partial charge in [-0.3, -0.25) is 13.7 Å². The molecular weight excluding hydrogens is 693 g/mol. The molecule has 3 aliphatic heterocycles. The van der Waals surface area contributed by atoms with Gasteiger partial charge in [-0.05, 0) is 43.4 Å². The van der Waals surface area contributed by atoms with E-state index in [1.165, 1.54) is 28.7 Å². The fourth-order valence-electron chi connectivity index (χ4n) is 5.74. The molecule has 0 spiro atoms. The van der Waals surface area contributed by atoms with Gasteiger partial charge in [0.15, 0.2) is 36.3 Å². The first-order chi connectivity index (χ1) is 21.7. The van der Waals surface area contributed by atoms with Crippen LogP contribution in [-0.2, 0) is 43.9 Å². The number of imidazole rings is 2. The number of aryl methyl sites for hydroxylation is 1. The second-order valence-corrected chi connectivity index (χ2v) is 16.0. The Kier molecular flexibility index (Phi) is 8.09. The van der Waals surface area contributed by atoms with Crippen LogP contribution in [0.4, 0.5) is 14.6 Å². The van der Waals surface area contributed by atoms with Crippen LogP contribution in [0.2, 0.25) is 5.02 Å². The molecule has 1 aromatic carbocycles. The Morgan fingerprint density at radius 2 is 1.89 bits per heavy atom. The number of nitrogen functional groups attached to an aromatic ring is 1. The standard InChI is InChI=1S/C24H25BClF2N7O8P2S/c1-10-3-13-12(4-11(10)26)32-8-34(13)23-16(28)19-24(2,41-23)6-39-44(25,36)42-18-14(5-38-45(37,46)43-19)40-22(15(18)27)35-9-33-17-20(29)30-7-31-21(17)35/h3-4,7-9,14-16,18-19,22-23H,5-6H2,1-2H3,(H,37,46)(H2,29,30,31)/t14-,15?,16+,18+,19?,22-,23-,24-,44?,45?/m1/s1. The molecular formula is C24H25BClF2N7O8P2S. The fraction of sp³-hybridized carbons (Fsp3) is 0.500. The summed E-state index contributed by atoms with van der Waals surface area (Å²) in [5.74, 6) is 0.0524. The maximum atomic E-state index is 16.3. The number of hydrogen-bond donors (Lipinski definition) is 2. The molecule has 3 aromatic heterocycles. The highest BCUT2D eigenvalue weighted by Crippen LogP contribution is 2.56. The number of alkyl halides is 2. The molecule has 46 heavy (non-hydrogen) atoms. The second-order valence-electron chi connectivity index (χ2n) is 11.3. The maximum Gasteiger partial charge on any atom is 0.325 e. The van der Waals surface area contributed by atoms with Gasteiger partial charge in [-0.25, -0.2) is 28.7 Å². The van der Waals surface area contributed by atoms with Crippen LogP contribution in [0, 0.1) is 6.92 Å². The fourth-order valence-corrected chi connectivity index (χ4v) is 8.47. The summed E-state index contributed by atoms with van der Waals surface area (Å²) in [5, 5.41) is 0.469. The molecule has 0 aliphatic carbocycles. The number of aromatic nitrogens is 6. The Balaban J connectivity index is 1.19. The molecule has 4 unspecified atom stereocenters. The zero-order valence-electron chi connectivity index (χ0n) is 23.9. The Hall–Kier alpha value is -2.15. The summed E-state index contributed by atoms with van der Waals surface area (Å²) >= 11 is 11.5. The third kappa shape index (κ3) is 5.58. The average molecular weight is 718 g/mol. The van der Waals surface area contributed by atoms with E-state index >= 15 is 8.78 Å². The van der Waals surface area contributed by atoms with Crippen molar-refractivity contribution in [3.8, 4) is 0 Å². The highest BCUT2D eigenvalue weighted by atomic mass is 35.5. The third-order valence-corrected chi connectivity index (χ3v) is 11.0. The van der Waals surface area contributed by atoms with E-state index in [4.69, 9.17) is 64.3 Å². The molecule has 0 saturated carbocycles. The Morgan fingerprint density at radius 1 is 1.13 bits per heavy atom. The van der Waals surface area contributed by atoms with Gasteiger partial charge < -0.3 is 38.2 Å². The van der Waals surface area contributed by atoms with E-state index in [1.54, 1.807) is 19.1 Å². The average Bonchev–Trinajstić information content (AvgIpc) is 3.73. The van der Waals surface area contributed by atoms with Gasteiger partial charge in [0.1, 0.15) is 35.8 Å². The summed E-state index contributed by atoms with van der Waals surface area (Å²) in [6, 6.07) is 3.33. The first-order valence-electron chi connectivity index (χ1n) is 13.7. The van der Waals surface area contributed by atoms with Crippen LogP contribution >= 0.6 is 25.8 Å². The zero-order chi connectivity index (χ0) is 32.8. The smallest absolute Gasteiger partial charge is 0.325 e. The van der Waals surface area contributed by atoms with Crippen LogP contribution in [-0.4, -0.2) is 91.0 Å². The number of halogens is 3. The molecule has 6 heterocycles. The molecule has 4 aromatic rings. The van der Waals surface area contributed by atoms with Gasteiger partial charge in [-0.15, -0.1) is 0 Å². The van der Waals surface area contributed by atoms with Crippen molar-refractivity contribution in [3.05, 3.63) is 41.7 Å². The lowest BCUT2D eigenvalue weighted by Crippen LogP contribution is -2.45. The largest absolute Gasteiger partial charge is 0.382 e. The lowest BCUT2D eigenvalue weighted by atomic mass is 9.99. The van der Waals surface area contributed by atoms with Gasteiger partial charge in [0.25, 0.3) is 7.47 Å². The lowest BCUT2D eigenvalue weighted by molar-refractivity contribution is -0.112. The van der Waals surface area contributed by atoms with Gasteiger partial charge in [0, 0.05) is 5.02 Å². The highest BCUT2D eigenvalue weighted by Gasteiger charge is 2.58. The van der Waals surface area contributed by atoms with Crippen molar-refractivity contribution in [2.24, 2.45) is 0 Å². The van der Waals surface area contributed by atoms with Gasteiger partial charge in [-0.2, -0.15) is 0 Å². The maximum absolute atomic E-state index is 16.3. The van der Waals surface area contributed by atoms with Crippen molar-refractivity contribution in [2.75, 3.05) is 18.9 Å². The van der Waals surface area contributed by atoms with Crippen LogP contribution in [0.25, 0.3) is 22.2 Å². The minimum Gasteiger partial charge on any atom is -0.382 e. The summed E-state index contributed by atoms with van der Waals surface area (Å²) in [5.41, 5.74) is 6.10. The number of rotatable bonds is 2. The Labute approximate surface area is 270 Å². The lowest BCUT2D eigenvalue weighted by Gasteiger charge is -2.34. The highest BCUT2D eigenvalue weighted by molar-refractivity contribution is 8.07. The molecule has 0 amide bonds. The van der Waals surface area contributed by atoms with Crippen molar-refractivity contribution in [2.45, 2.75) is 62.6 Å². The minimum absolute atomic E-state index is 0.0524. The van der Waals surface area contributed by atoms with E-state index in [1.807, 2.05) is 0 Å². The van der Waals surface area contributed by atoms with Gasteiger partial charge in [-0.1, -0.05) is 11.6 Å². The number of anilines is 1. The number of fused-ring (bicyclic) bond motifs is 4. The molecule has 3 fully saturated rings. The minimum atomic E-state index is -4.60. The van der Waals surface area contributed by atoms with Crippen molar-refractivity contribution in [1.82, 2.24) is 29.1 Å². The van der Waals surface area contributed by atoms with Crippen molar-refractivity contribution >= 4 is 73.2 Å². The Bertz CT molecular complexity index is 1950. The monoisotopic (exact) mass is 717 g/mol. The molecule has 7 rings (SSSR count). The SMILES string of the molecule is [B]P1(=O)OC[C@@]2(C)O[C@@H](n3cnc4cc(Cl)c(C)cc43)[C@@H](F)C2OP(O)(=S)OC[C@H]2O[C@@H](n3cnc4c(N)ncnc43)C(F)[C@H]2O1. The van der Waals surface area contributed by atoms with E-state index in [9.17, 15) is 9.46 Å². The van der Waals surface area contributed by atoms with Crippen molar-refractivity contribution in [1.29, 1.82) is 0 Å². The third-order valence-electron chi connectivity index (χ3n) is 8.06. The molecule has 244 valence electrons.